The number of nitrogens with zero attached hydrogens (tertiary/aromatic N) is 1. The van der Waals surface area contributed by atoms with Gasteiger partial charge in [0.25, 0.3) is 5.91 Å². The largest absolute Gasteiger partial charge is 0.389 e. The van der Waals surface area contributed by atoms with Gasteiger partial charge in [0.2, 0.25) is 5.91 Å². The highest BCUT2D eigenvalue weighted by Gasteiger charge is 2.21. The molecule has 1 aliphatic heterocycles. The fourth-order valence-corrected chi connectivity index (χ4v) is 2.21. The van der Waals surface area contributed by atoms with E-state index in [0.29, 0.717) is 17.7 Å². The minimum absolute atomic E-state index is 0.0616. The minimum Gasteiger partial charge on any atom is -0.389 e. The number of hydrogen-bond acceptors (Lipinski definition) is 4. The molecule has 0 fully saturated rings. The smallest absolute Gasteiger partial charge is 0.253 e. The van der Waals surface area contributed by atoms with Crippen molar-refractivity contribution in [3.63, 3.8) is 0 Å². The van der Waals surface area contributed by atoms with Crippen LogP contribution in [0.25, 0.3) is 0 Å². The molecule has 1 unspecified atom stereocenters. The highest BCUT2D eigenvalue weighted by molar-refractivity contribution is 6.02. The maximum absolute atomic E-state index is 12.2. The Morgan fingerprint density at radius 1 is 1.55 bits per heavy atom. The number of carbonyl (C=O) groups is 2. The van der Waals surface area contributed by atoms with Gasteiger partial charge in [0.05, 0.1) is 19.1 Å². The maximum atomic E-state index is 12.2. The summed E-state index contributed by atoms with van der Waals surface area (Å²) < 4.78 is 4.83. The number of anilines is 1. The number of fused-ring (bicyclic) bond motifs is 1. The van der Waals surface area contributed by atoms with Gasteiger partial charge in [-0.15, -0.1) is 0 Å². The maximum Gasteiger partial charge on any atom is 0.253 e. The van der Waals surface area contributed by atoms with Gasteiger partial charge >= 0.3 is 0 Å². The molecule has 0 radical (unpaired) electrons. The lowest BCUT2D eigenvalue weighted by Crippen LogP contribution is -2.36. The lowest BCUT2D eigenvalue weighted by atomic mass is 10.1. The zero-order chi connectivity index (χ0) is 14.7. The molecular formula is C14H18N2O4. The summed E-state index contributed by atoms with van der Waals surface area (Å²) in [6.45, 7) is 0.369. The van der Waals surface area contributed by atoms with E-state index in [1.165, 1.54) is 12.0 Å². The van der Waals surface area contributed by atoms with Crippen LogP contribution >= 0.6 is 0 Å². The molecule has 0 spiro atoms. The number of ether oxygens (including phenoxy) is 1. The number of nitrogens with one attached hydrogen (secondary N) is 1. The molecule has 0 bridgehead atoms. The van der Waals surface area contributed by atoms with Gasteiger partial charge in [-0.2, -0.15) is 0 Å². The predicted molar refractivity (Wildman–Crippen MR) is 73.6 cm³/mol. The SMILES string of the molecule is COCC(O)CN(C)C(=O)c1ccc2c(c1)NC(=O)C2. The second-order valence-corrected chi connectivity index (χ2v) is 4.89. The molecule has 0 saturated carbocycles. The van der Waals surface area contributed by atoms with Crippen molar-refractivity contribution in [3.05, 3.63) is 29.3 Å². The molecule has 2 amide bonds. The van der Waals surface area contributed by atoms with Gasteiger partial charge in [-0.3, -0.25) is 9.59 Å². The number of likely N-dealkylation sites (N-methyl/N-ethyl adjacent to an activating group) is 1. The number of hydrogen-bond donors (Lipinski definition) is 2. The van der Waals surface area contributed by atoms with E-state index in [2.05, 4.69) is 5.32 Å². The number of carbonyl (C=O) groups excluding carboxylic acids is 2. The Balaban J connectivity index is 2.06. The van der Waals surface area contributed by atoms with Gasteiger partial charge in [-0.05, 0) is 17.7 Å². The van der Waals surface area contributed by atoms with Crippen LogP contribution in [0.1, 0.15) is 15.9 Å². The van der Waals surface area contributed by atoms with Crippen molar-refractivity contribution in [2.75, 3.05) is 32.6 Å². The second-order valence-electron chi connectivity index (χ2n) is 4.89. The molecule has 1 aliphatic rings. The highest BCUT2D eigenvalue weighted by Crippen LogP contribution is 2.24. The van der Waals surface area contributed by atoms with Gasteiger partial charge in [0.15, 0.2) is 0 Å². The molecule has 2 N–H and O–H groups in total. The molecule has 0 aliphatic carbocycles. The molecule has 6 nitrogen and oxygen atoms in total. The standard InChI is InChI=1S/C14H18N2O4/c1-16(7-11(17)8-20-2)14(19)10-4-3-9-6-13(18)15-12(9)5-10/h3-5,11,17H,6-8H2,1-2H3,(H,15,18). The molecule has 0 aromatic heterocycles. The van der Waals surface area contributed by atoms with Crippen molar-refractivity contribution in [1.82, 2.24) is 4.90 Å². The summed E-state index contributed by atoms with van der Waals surface area (Å²) in [6, 6.07) is 5.14. The Labute approximate surface area is 117 Å². The van der Waals surface area contributed by atoms with Crippen LogP contribution in [0.4, 0.5) is 5.69 Å². The average molecular weight is 278 g/mol. The Bertz CT molecular complexity index is 530. The lowest BCUT2D eigenvalue weighted by Gasteiger charge is -2.20. The zero-order valence-corrected chi connectivity index (χ0v) is 11.5. The van der Waals surface area contributed by atoms with Crippen molar-refractivity contribution in [1.29, 1.82) is 0 Å². The normalized spacial score (nSPS) is 14.7. The van der Waals surface area contributed by atoms with Gasteiger partial charge < -0.3 is 20.1 Å². The van der Waals surface area contributed by atoms with Crippen LogP contribution in [0, 0.1) is 0 Å². The first-order valence-corrected chi connectivity index (χ1v) is 6.36. The molecule has 6 heteroatoms. The minimum atomic E-state index is -0.719. The summed E-state index contributed by atoms with van der Waals surface area (Å²) >= 11 is 0. The van der Waals surface area contributed by atoms with Crippen LogP contribution in [0.15, 0.2) is 18.2 Å². The topological polar surface area (TPSA) is 78.9 Å². The molecule has 0 saturated heterocycles. The third kappa shape index (κ3) is 3.15. The Morgan fingerprint density at radius 2 is 2.30 bits per heavy atom. The number of methoxy groups -OCH3 is 1. The average Bonchev–Trinajstić information content (AvgIpc) is 2.76. The van der Waals surface area contributed by atoms with Gasteiger partial charge in [-0.1, -0.05) is 6.07 Å². The summed E-state index contributed by atoms with van der Waals surface area (Å²) in [5.41, 5.74) is 2.07. The summed E-state index contributed by atoms with van der Waals surface area (Å²) in [6.07, 6.45) is -0.366. The molecule has 1 atom stereocenters. The molecule has 1 aromatic rings. The van der Waals surface area contributed by atoms with E-state index in [1.807, 2.05) is 0 Å². The fourth-order valence-electron chi connectivity index (χ4n) is 2.21. The monoisotopic (exact) mass is 278 g/mol. The first kappa shape index (κ1) is 14.5. The van der Waals surface area contributed by atoms with Gasteiger partial charge in [0.1, 0.15) is 0 Å². The van der Waals surface area contributed by atoms with Crippen molar-refractivity contribution >= 4 is 17.5 Å². The van der Waals surface area contributed by atoms with E-state index in [4.69, 9.17) is 4.74 Å². The van der Waals surface area contributed by atoms with E-state index in [0.717, 1.165) is 5.56 Å². The predicted octanol–water partition coefficient (Wildman–Crippen LogP) is 0.260. The third-order valence-corrected chi connectivity index (χ3v) is 3.17. The summed E-state index contributed by atoms with van der Waals surface area (Å²) in [4.78, 5) is 24.9. The summed E-state index contributed by atoms with van der Waals surface area (Å²) in [5.74, 6) is -0.266. The number of amides is 2. The molecular weight excluding hydrogens is 260 g/mol. The van der Waals surface area contributed by atoms with Crippen LogP contribution < -0.4 is 5.32 Å². The van der Waals surface area contributed by atoms with Crippen LogP contribution in [-0.2, 0) is 16.0 Å². The van der Waals surface area contributed by atoms with E-state index in [1.54, 1.807) is 25.2 Å². The first-order chi connectivity index (χ1) is 9.51. The summed E-state index contributed by atoms with van der Waals surface area (Å²) in [5, 5.41) is 12.3. The third-order valence-electron chi connectivity index (χ3n) is 3.17. The van der Waals surface area contributed by atoms with E-state index in [9.17, 15) is 14.7 Å². The van der Waals surface area contributed by atoms with E-state index in [-0.39, 0.29) is 25.0 Å². The lowest BCUT2D eigenvalue weighted by molar-refractivity contribution is -0.115. The molecule has 20 heavy (non-hydrogen) atoms. The first-order valence-electron chi connectivity index (χ1n) is 6.36. The van der Waals surface area contributed by atoms with Crippen LogP contribution in [-0.4, -0.2) is 55.2 Å². The fraction of sp³-hybridized carbons (Fsp3) is 0.429. The highest BCUT2D eigenvalue weighted by atomic mass is 16.5. The van der Waals surface area contributed by atoms with Crippen molar-refractivity contribution in [2.45, 2.75) is 12.5 Å². The van der Waals surface area contributed by atoms with Crippen molar-refractivity contribution < 1.29 is 19.4 Å². The molecule has 2 rings (SSSR count). The van der Waals surface area contributed by atoms with Gasteiger partial charge in [0, 0.05) is 32.0 Å². The quantitative estimate of drug-likeness (QED) is 0.810. The van der Waals surface area contributed by atoms with Gasteiger partial charge in [-0.25, -0.2) is 0 Å². The zero-order valence-electron chi connectivity index (χ0n) is 11.5. The number of rotatable bonds is 5. The Kier molecular flexibility index (Phi) is 4.36. The Hall–Kier alpha value is -1.92. The van der Waals surface area contributed by atoms with Crippen LogP contribution in [0.2, 0.25) is 0 Å². The molecule has 1 heterocycles. The van der Waals surface area contributed by atoms with E-state index < -0.39 is 6.10 Å². The molecule has 108 valence electrons. The Morgan fingerprint density at radius 3 is 3.00 bits per heavy atom. The summed E-state index contributed by atoms with van der Waals surface area (Å²) in [7, 11) is 3.11. The molecule has 1 aromatic carbocycles. The number of aliphatic hydroxyl groups excluding tert-OH is 1. The number of aliphatic hydroxyl groups is 1. The number of benzene rings is 1. The van der Waals surface area contributed by atoms with Crippen molar-refractivity contribution in [3.8, 4) is 0 Å². The van der Waals surface area contributed by atoms with E-state index >= 15 is 0 Å². The van der Waals surface area contributed by atoms with Crippen LogP contribution in [0.3, 0.4) is 0 Å². The van der Waals surface area contributed by atoms with Crippen LogP contribution in [0.5, 0.6) is 0 Å². The second kappa shape index (κ2) is 6.02. The van der Waals surface area contributed by atoms with Crippen molar-refractivity contribution in [2.24, 2.45) is 0 Å².